The summed E-state index contributed by atoms with van der Waals surface area (Å²) in [5.74, 6) is -0.592. The molecule has 3 atom stereocenters. The van der Waals surface area contributed by atoms with E-state index < -0.39 is 38.5 Å². The second-order valence-electron chi connectivity index (χ2n) is 13.6. The van der Waals surface area contributed by atoms with Gasteiger partial charge in [-0.25, -0.2) is 27.3 Å². The van der Waals surface area contributed by atoms with Crippen molar-refractivity contribution in [1.29, 1.82) is 0 Å². The predicted octanol–water partition coefficient (Wildman–Crippen LogP) is 5.28. The standard InChI is InChI=1S/C37H43N7O6S2/c1-7-28-21-43(52(48,49)32-12-10-9-11-31(32)50-28)20-26-17-25(14-13-23(26)3)34(29-15-16-30-35(24(29)4)41-42-44(30)8-2)37(5,6)40-36(45)27-18-38-33(39-19-27)22-51(46)47/h9-19,28,34H,7-8,20-22H2,1-6H3,(H,40,45)(H,46,47)/t28-,34+/m1/s1. The molecule has 3 heterocycles. The molecular formula is C37H43N7O6S2. The van der Waals surface area contributed by atoms with Crippen molar-refractivity contribution < 1.29 is 26.7 Å². The van der Waals surface area contributed by atoms with E-state index in [1.54, 1.807) is 24.3 Å². The highest BCUT2D eigenvalue weighted by atomic mass is 32.2. The van der Waals surface area contributed by atoms with E-state index in [1.165, 1.54) is 16.7 Å². The van der Waals surface area contributed by atoms with Gasteiger partial charge in [0.25, 0.3) is 5.91 Å². The van der Waals surface area contributed by atoms with Gasteiger partial charge < -0.3 is 14.6 Å². The zero-order chi connectivity index (χ0) is 37.4. The summed E-state index contributed by atoms with van der Waals surface area (Å²) >= 11 is -2.11. The lowest BCUT2D eigenvalue weighted by Gasteiger charge is -2.37. The van der Waals surface area contributed by atoms with Crippen molar-refractivity contribution in [3.63, 3.8) is 0 Å². The summed E-state index contributed by atoms with van der Waals surface area (Å²) in [7, 11) is -3.89. The van der Waals surface area contributed by atoms with Gasteiger partial charge in [0.1, 0.15) is 33.8 Å². The van der Waals surface area contributed by atoms with E-state index in [4.69, 9.17) is 4.74 Å². The first kappa shape index (κ1) is 37.2. The van der Waals surface area contributed by atoms with Crippen LogP contribution < -0.4 is 10.1 Å². The Labute approximate surface area is 306 Å². The van der Waals surface area contributed by atoms with E-state index in [0.29, 0.717) is 18.7 Å². The van der Waals surface area contributed by atoms with E-state index in [1.807, 2.05) is 76.6 Å². The number of hydrogen-bond acceptors (Lipinski definition) is 9. The third-order valence-corrected chi connectivity index (χ3v) is 12.0. The van der Waals surface area contributed by atoms with Crippen LogP contribution in [-0.2, 0) is 39.9 Å². The Morgan fingerprint density at radius 1 is 1.10 bits per heavy atom. The van der Waals surface area contributed by atoms with E-state index in [2.05, 4.69) is 25.6 Å². The lowest BCUT2D eigenvalue weighted by Crippen LogP contribution is -2.48. The molecule has 2 N–H and O–H groups in total. The highest BCUT2D eigenvalue weighted by molar-refractivity contribution is 7.89. The van der Waals surface area contributed by atoms with Gasteiger partial charge in [-0.1, -0.05) is 48.5 Å². The number of para-hydroxylation sites is 1. The van der Waals surface area contributed by atoms with Crippen LogP contribution in [0.2, 0.25) is 0 Å². The fourth-order valence-electron chi connectivity index (χ4n) is 6.84. The number of fused-ring (bicyclic) bond motifs is 2. The van der Waals surface area contributed by atoms with Crippen LogP contribution in [0.1, 0.15) is 84.0 Å². The van der Waals surface area contributed by atoms with Crippen LogP contribution >= 0.6 is 0 Å². The minimum Gasteiger partial charge on any atom is -0.488 e. The molecule has 0 radical (unpaired) electrons. The number of rotatable bonds is 11. The molecule has 52 heavy (non-hydrogen) atoms. The Bertz CT molecular complexity index is 2260. The molecule has 13 nitrogen and oxygen atoms in total. The number of amides is 1. The second kappa shape index (κ2) is 14.8. The van der Waals surface area contributed by atoms with Crippen molar-refractivity contribution >= 4 is 38.0 Å². The maximum Gasteiger partial charge on any atom is 0.254 e. The number of sulfonamides is 1. The SMILES string of the molecule is CC[C@@H]1CN(Cc2cc([C@@H](c3ccc4c(nnn4CC)c3C)C(C)(C)NC(=O)c3cnc(CS(=O)O)nc3)ccc2C)S(=O)(=O)c2ccccc2O1. The molecule has 6 rings (SSSR count). The maximum absolute atomic E-state index is 14.1. The molecule has 0 fully saturated rings. The molecule has 2 aromatic heterocycles. The number of aryl methyl sites for hydroxylation is 3. The summed E-state index contributed by atoms with van der Waals surface area (Å²) in [6, 6.07) is 16.8. The van der Waals surface area contributed by atoms with Crippen LogP contribution in [-0.4, -0.2) is 70.5 Å². The molecule has 1 aliphatic heterocycles. The van der Waals surface area contributed by atoms with E-state index in [0.717, 1.165) is 38.9 Å². The van der Waals surface area contributed by atoms with Crippen LogP contribution in [0.15, 0.2) is 71.9 Å². The van der Waals surface area contributed by atoms with Crippen LogP contribution in [0.3, 0.4) is 0 Å². The van der Waals surface area contributed by atoms with Gasteiger partial charge in [0.05, 0.1) is 17.6 Å². The number of nitrogens with zero attached hydrogens (tertiary/aromatic N) is 6. The Morgan fingerprint density at radius 2 is 1.83 bits per heavy atom. The Balaban J connectivity index is 1.42. The van der Waals surface area contributed by atoms with Crippen LogP contribution in [0, 0.1) is 13.8 Å². The number of ether oxygens (including phenoxy) is 1. The maximum atomic E-state index is 14.1. The first-order valence-corrected chi connectivity index (χ1v) is 19.8. The lowest BCUT2D eigenvalue weighted by molar-refractivity contribution is 0.0905. The molecule has 1 aliphatic rings. The average molecular weight is 746 g/mol. The summed E-state index contributed by atoms with van der Waals surface area (Å²) in [4.78, 5) is 22.1. The Kier molecular flexibility index (Phi) is 10.6. The van der Waals surface area contributed by atoms with Gasteiger partial charge in [0, 0.05) is 36.9 Å². The summed E-state index contributed by atoms with van der Waals surface area (Å²) in [5, 5.41) is 12.0. The molecule has 0 bridgehead atoms. The molecule has 15 heteroatoms. The normalized spacial score (nSPS) is 17.2. The molecule has 0 saturated heterocycles. The largest absolute Gasteiger partial charge is 0.488 e. The smallest absolute Gasteiger partial charge is 0.254 e. The molecule has 3 aromatic carbocycles. The average Bonchev–Trinajstić information content (AvgIpc) is 3.49. The third kappa shape index (κ3) is 7.35. The van der Waals surface area contributed by atoms with Crippen molar-refractivity contribution in [3.05, 3.63) is 106 Å². The summed E-state index contributed by atoms with van der Waals surface area (Å²) in [5.41, 5.74) is 5.36. The van der Waals surface area contributed by atoms with Crippen molar-refractivity contribution in [3.8, 4) is 5.75 Å². The Hall–Kier alpha value is -4.57. The van der Waals surface area contributed by atoms with Crippen molar-refractivity contribution in [1.82, 2.24) is 34.6 Å². The van der Waals surface area contributed by atoms with Crippen LogP contribution in [0.4, 0.5) is 0 Å². The molecule has 5 aromatic rings. The summed E-state index contributed by atoms with van der Waals surface area (Å²) < 4.78 is 58.1. The number of carbonyl (C=O) groups is 1. The molecular weight excluding hydrogens is 703 g/mol. The zero-order valence-electron chi connectivity index (χ0n) is 30.0. The topological polar surface area (TPSA) is 169 Å². The van der Waals surface area contributed by atoms with Crippen molar-refractivity contribution in [2.75, 3.05) is 6.54 Å². The summed E-state index contributed by atoms with van der Waals surface area (Å²) in [6.45, 7) is 12.8. The van der Waals surface area contributed by atoms with Crippen LogP contribution in [0.5, 0.6) is 5.75 Å². The molecule has 1 amide bonds. The second-order valence-corrected chi connectivity index (χ2v) is 16.4. The number of aromatic nitrogens is 5. The Morgan fingerprint density at radius 3 is 2.52 bits per heavy atom. The van der Waals surface area contributed by atoms with E-state index in [9.17, 15) is 22.0 Å². The van der Waals surface area contributed by atoms with Gasteiger partial charge in [0.2, 0.25) is 10.0 Å². The lowest BCUT2D eigenvalue weighted by atomic mass is 9.74. The van der Waals surface area contributed by atoms with Crippen molar-refractivity contribution in [2.24, 2.45) is 0 Å². The first-order valence-electron chi connectivity index (χ1n) is 17.1. The molecule has 0 saturated carbocycles. The fraction of sp³-hybridized carbons (Fsp3) is 0.378. The van der Waals surface area contributed by atoms with Gasteiger partial charge in [-0.3, -0.25) is 4.79 Å². The van der Waals surface area contributed by atoms with Gasteiger partial charge in [-0.05, 0) is 87.1 Å². The van der Waals surface area contributed by atoms with Crippen molar-refractivity contribution in [2.45, 2.75) is 89.3 Å². The monoisotopic (exact) mass is 745 g/mol. The number of carbonyl (C=O) groups excluding carboxylic acids is 1. The van der Waals surface area contributed by atoms with E-state index >= 15 is 0 Å². The number of nitrogens with one attached hydrogen (secondary N) is 1. The summed E-state index contributed by atoms with van der Waals surface area (Å²) in [6.07, 6.45) is 2.99. The molecule has 1 unspecified atom stereocenters. The van der Waals surface area contributed by atoms with Gasteiger partial charge in [-0.2, -0.15) is 4.31 Å². The first-order chi connectivity index (χ1) is 24.7. The minimum absolute atomic E-state index is 0.126. The number of benzene rings is 3. The molecule has 0 spiro atoms. The predicted molar refractivity (Wildman–Crippen MR) is 198 cm³/mol. The zero-order valence-corrected chi connectivity index (χ0v) is 31.7. The van der Waals surface area contributed by atoms with Gasteiger partial charge >= 0.3 is 0 Å². The van der Waals surface area contributed by atoms with Gasteiger partial charge in [-0.15, -0.1) is 5.10 Å². The van der Waals surface area contributed by atoms with E-state index in [-0.39, 0.29) is 41.2 Å². The highest BCUT2D eigenvalue weighted by Gasteiger charge is 2.38. The van der Waals surface area contributed by atoms with Gasteiger partial charge in [0.15, 0.2) is 11.1 Å². The molecule has 274 valence electrons. The minimum atomic E-state index is -3.89. The number of hydrogen-bond donors (Lipinski definition) is 2. The fourth-order valence-corrected chi connectivity index (χ4v) is 8.78. The molecule has 0 aliphatic carbocycles. The third-order valence-electron chi connectivity index (χ3n) is 9.65. The van der Waals surface area contributed by atoms with Crippen LogP contribution in [0.25, 0.3) is 11.0 Å². The highest BCUT2D eigenvalue weighted by Crippen LogP contribution is 2.40. The quantitative estimate of drug-likeness (QED) is 0.170.